The summed E-state index contributed by atoms with van der Waals surface area (Å²) in [6.07, 6.45) is 0.186. The van der Waals surface area contributed by atoms with Crippen LogP contribution in [0.5, 0.6) is 5.75 Å². The van der Waals surface area contributed by atoms with Gasteiger partial charge in [-0.05, 0) is 37.1 Å². The molecule has 0 aliphatic heterocycles. The number of ether oxygens (including phenoxy) is 1. The molecule has 0 spiro atoms. The highest BCUT2D eigenvalue weighted by atomic mass is 19.1. The summed E-state index contributed by atoms with van der Waals surface area (Å²) in [5.74, 6) is 0.0608. The maximum absolute atomic E-state index is 12.7. The van der Waals surface area contributed by atoms with Crippen LogP contribution in [0.15, 0.2) is 24.3 Å². The van der Waals surface area contributed by atoms with Crippen LogP contribution < -0.4 is 10.1 Å². The summed E-state index contributed by atoms with van der Waals surface area (Å²) in [5.41, 5.74) is -0.923. The largest absolute Gasteiger partial charge is 0.493 e. The minimum Gasteiger partial charge on any atom is -0.493 e. The van der Waals surface area contributed by atoms with E-state index < -0.39 is 5.60 Å². The van der Waals surface area contributed by atoms with E-state index in [9.17, 15) is 14.3 Å². The molecule has 112 valence electrons. The molecule has 0 bridgehead atoms. The second kappa shape index (κ2) is 7.24. The van der Waals surface area contributed by atoms with Crippen LogP contribution in [0.25, 0.3) is 0 Å². The number of halogens is 1. The molecule has 0 fully saturated rings. The third-order valence-electron chi connectivity index (χ3n) is 3.30. The first kappa shape index (κ1) is 16.4. The maximum Gasteiger partial charge on any atom is 0.223 e. The highest BCUT2D eigenvalue weighted by Gasteiger charge is 2.25. The lowest BCUT2D eigenvalue weighted by Gasteiger charge is -2.27. The van der Waals surface area contributed by atoms with Crippen LogP contribution in [0.2, 0.25) is 0 Å². The normalized spacial score (nSPS) is 13.9. The zero-order chi connectivity index (χ0) is 15.2. The molecule has 5 heteroatoms. The standard InChI is InChI=1S/C15H22FNO3/c1-11(2)15(3,19)10-17-14(18)8-9-20-13-6-4-12(16)5-7-13/h4-7,11,19H,8-10H2,1-3H3,(H,17,18). The van der Waals surface area contributed by atoms with Crippen molar-refractivity contribution in [3.8, 4) is 5.75 Å². The Bertz CT molecular complexity index is 429. The summed E-state index contributed by atoms with van der Waals surface area (Å²) < 4.78 is 18.0. The van der Waals surface area contributed by atoms with Crippen molar-refractivity contribution >= 4 is 5.91 Å². The Balaban J connectivity index is 2.25. The number of carbonyl (C=O) groups is 1. The molecule has 1 amide bonds. The Morgan fingerprint density at radius 1 is 1.40 bits per heavy atom. The topological polar surface area (TPSA) is 58.6 Å². The quantitative estimate of drug-likeness (QED) is 0.806. The number of aliphatic hydroxyl groups is 1. The Labute approximate surface area is 119 Å². The van der Waals surface area contributed by atoms with Crippen molar-refractivity contribution in [3.05, 3.63) is 30.1 Å². The van der Waals surface area contributed by atoms with E-state index in [-0.39, 0.29) is 37.2 Å². The van der Waals surface area contributed by atoms with Gasteiger partial charge in [0.1, 0.15) is 11.6 Å². The van der Waals surface area contributed by atoms with Crippen molar-refractivity contribution in [1.29, 1.82) is 0 Å². The molecule has 0 aliphatic carbocycles. The smallest absolute Gasteiger partial charge is 0.223 e. The van der Waals surface area contributed by atoms with Gasteiger partial charge in [0.05, 0.1) is 18.6 Å². The third kappa shape index (κ3) is 5.57. The van der Waals surface area contributed by atoms with Crippen molar-refractivity contribution in [2.75, 3.05) is 13.2 Å². The van der Waals surface area contributed by atoms with Gasteiger partial charge in [-0.2, -0.15) is 0 Å². The predicted molar refractivity (Wildman–Crippen MR) is 75.0 cm³/mol. The Hall–Kier alpha value is -1.62. The van der Waals surface area contributed by atoms with Crippen LogP contribution in [-0.2, 0) is 4.79 Å². The van der Waals surface area contributed by atoms with E-state index in [2.05, 4.69) is 5.32 Å². The summed E-state index contributed by atoms with van der Waals surface area (Å²) in [6, 6.07) is 5.62. The van der Waals surface area contributed by atoms with E-state index in [0.717, 1.165) is 0 Å². The predicted octanol–water partition coefficient (Wildman–Crippen LogP) is 2.12. The first-order chi connectivity index (χ1) is 9.31. The van der Waals surface area contributed by atoms with Gasteiger partial charge in [-0.15, -0.1) is 0 Å². The SMILES string of the molecule is CC(C)C(C)(O)CNC(=O)CCOc1ccc(F)cc1. The lowest BCUT2D eigenvalue weighted by atomic mass is 9.92. The molecule has 1 aromatic rings. The van der Waals surface area contributed by atoms with Crippen molar-refractivity contribution in [2.45, 2.75) is 32.8 Å². The van der Waals surface area contributed by atoms with E-state index >= 15 is 0 Å². The lowest BCUT2D eigenvalue weighted by Crippen LogP contribution is -2.44. The third-order valence-corrected chi connectivity index (χ3v) is 3.30. The van der Waals surface area contributed by atoms with Gasteiger partial charge in [0.2, 0.25) is 5.91 Å². The zero-order valence-corrected chi connectivity index (χ0v) is 12.1. The molecule has 0 saturated heterocycles. The number of carbonyl (C=O) groups excluding carboxylic acids is 1. The second-order valence-corrected chi connectivity index (χ2v) is 5.34. The van der Waals surface area contributed by atoms with Gasteiger partial charge >= 0.3 is 0 Å². The minimum absolute atomic E-state index is 0.0539. The van der Waals surface area contributed by atoms with E-state index in [1.165, 1.54) is 24.3 Å². The van der Waals surface area contributed by atoms with Crippen LogP contribution in [0.4, 0.5) is 4.39 Å². The Morgan fingerprint density at radius 2 is 2.00 bits per heavy atom. The zero-order valence-electron chi connectivity index (χ0n) is 12.1. The minimum atomic E-state index is -0.923. The number of benzene rings is 1. The van der Waals surface area contributed by atoms with Crippen LogP contribution in [0.3, 0.4) is 0 Å². The Morgan fingerprint density at radius 3 is 2.55 bits per heavy atom. The molecule has 20 heavy (non-hydrogen) atoms. The number of hydrogen-bond donors (Lipinski definition) is 2. The molecular weight excluding hydrogens is 261 g/mol. The molecule has 1 atom stereocenters. The fraction of sp³-hybridized carbons (Fsp3) is 0.533. The van der Waals surface area contributed by atoms with Crippen LogP contribution in [0.1, 0.15) is 27.2 Å². The summed E-state index contributed by atoms with van der Waals surface area (Å²) in [6.45, 7) is 5.89. The van der Waals surface area contributed by atoms with E-state index in [4.69, 9.17) is 4.74 Å². The van der Waals surface area contributed by atoms with Gasteiger partial charge in [-0.25, -0.2) is 4.39 Å². The van der Waals surface area contributed by atoms with Gasteiger partial charge < -0.3 is 15.2 Å². The van der Waals surface area contributed by atoms with Gasteiger partial charge in [0.15, 0.2) is 0 Å². The summed E-state index contributed by atoms with van der Waals surface area (Å²) in [4.78, 5) is 11.6. The van der Waals surface area contributed by atoms with Gasteiger partial charge in [-0.1, -0.05) is 13.8 Å². The number of amides is 1. The average molecular weight is 283 g/mol. The molecule has 0 heterocycles. The summed E-state index contributed by atoms with van der Waals surface area (Å²) in [5, 5.41) is 12.7. The first-order valence-corrected chi connectivity index (χ1v) is 6.68. The molecule has 0 saturated carbocycles. The molecule has 1 aromatic carbocycles. The molecule has 4 nitrogen and oxygen atoms in total. The van der Waals surface area contributed by atoms with Gasteiger partial charge in [0, 0.05) is 6.54 Å². The monoisotopic (exact) mass is 283 g/mol. The molecule has 1 unspecified atom stereocenters. The average Bonchev–Trinajstić information content (AvgIpc) is 2.39. The molecule has 1 rings (SSSR count). The van der Waals surface area contributed by atoms with Crippen molar-refractivity contribution in [3.63, 3.8) is 0 Å². The van der Waals surface area contributed by atoms with E-state index in [1.54, 1.807) is 6.92 Å². The Kier molecular flexibility index (Phi) is 5.95. The fourth-order valence-electron chi connectivity index (χ4n) is 1.36. The number of hydrogen-bond acceptors (Lipinski definition) is 3. The van der Waals surface area contributed by atoms with Crippen LogP contribution in [-0.4, -0.2) is 29.8 Å². The number of nitrogens with one attached hydrogen (secondary N) is 1. The van der Waals surface area contributed by atoms with Crippen LogP contribution in [0, 0.1) is 11.7 Å². The molecule has 0 aliphatic rings. The molecule has 2 N–H and O–H groups in total. The van der Waals surface area contributed by atoms with Crippen molar-refractivity contribution in [1.82, 2.24) is 5.32 Å². The maximum atomic E-state index is 12.7. The highest BCUT2D eigenvalue weighted by molar-refractivity contribution is 5.76. The first-order valence-electron chi connectivity index (χ1n) is 6.68. The lowest BCUT2D eigenvalue weighted by molar-refractivity contribution is -0.123. The van der Waals surface area contributed by atoms with Crippen molar-refractivity contribution < 1.29 is 19.0 Å². The summed E-state index contributed by atoms with van der Waals surface area (Å²) in [7, 11) is 0. The molecular formula is C15H22FNO3. The number of rotatable bonds is 7. The summed E-state index contributed by atoms with van der Waals surface area (Å²) >= 11 is 0. The van der Waals surface area contributed by atoms with Gasteiger partial charge in [-0.3, -0.25) is 4.79 Å². The van der Waals surface area contributed by atoms with Crippen LogP contribution >= 0.6 is 0 Å². The van der Waals surface area contributed by atoms with E-state index in [1.807, 2.05) is 13.8 Å². The molecule has 0 aromatic heterocycles. The molecule has 0 radical (unpaired) electrons. The fourth-order valence-corrected chi connectivity index (χ4v) is 1.36. The van der Waals surface area contributed by atoms with E-state index in [0.29, 0.717) is 5.75 Å². The highest BCUT2D eigenvalue weighted by Crippen LogP contribution is 2.14. The van der Waals surface area contributed by atoms with Gasteiger partial charge in [0.25, 0.3) is 0 Å². The second-order valence-electron chi connectivity index (χ2n) is 5.34. The van der Waals surface area contributed by atoms with Crippen molar-refractivity contribution in [2.24, 2.45) is 5.92 Å².